The quantitative estimate of drug-likeness (QED) is 0.126. The third-order valence-corrected chi connectivity index (χ3v) is 13.3. The molecule has 4 aliphatic carbocycles. The second kappa shape index (κ2) is 15.9. The lowest BCUT2D eigenvalue weighted by atomic mass is 9.44. The van der Waals surface area contributed by atoms with Gasteiger partial charge in [-0.2, -0.15) is 0 Å². The molecule has 5 unspecified atom stereocenters. The zero-order valence-corrected chi connectivity index (χ0v) is 34.7. The van der Waals surface area contributed by atoms with Crippen LogP contribution in [0.3, 0.4) is 0 Å². The van der Waals surface area contributed by atoms with E-state index < -0.39 is 46.7 Å². The zero-order chi connectivity index (χ0) is 39.0. The minimum atomic E-state index is -0.917. The number of carbonyl (C=O) groups excluding carboxylic acids is 4. The fraction of sp³-hybridized carbons (Fsp3) is 0.907. The van der Waals surface area contributed by atoms with E-state index in [1.165, 1.54) is 32.1 Å². The van der Waals surface area contributed by atoms with Crippen molar-refractivity contribution in [2.75, 3.05) is 0 Å². The average molecular weight is 732 g/mol. The van der Waals surface area contributed by atoms with Crippen LogP contribution in [0.4, 0.5) is 0 Å². The van der Waals surface area contributed by atoms with Crippen LogP contribution < -0.4 is 5.73 Å². The molecule has 0 spiro atoms. The largest absolute Gasteiger partial charge is 0.461 e. The Labute approximate surface area is 314 Å². The van der Waals surface area contributed by atoms with Gasteiger partial charge >= 0.3 is 23.9 Å². The van der Waals surface area contributed by atoms with Crippen LogP contribution in [0, 0.1) is 52.3 Å². The predicted molar refractivity (Wildman–Crippen MR) is 202 cm³/mol. The summed E-state index contributed by atoms with van der Waals surface area (Å²) in [4.78, 5) is 51.5. The minimum Gasteiger partial charge on any atom is -0.461 e. The molecule has 4 rings (SSSR count). The maximum atomic E-state index is 13.2. The van der Waals surface area contributed by atoms with Gasteiger partial charge in [-0.05, 0) is 186 Å². The molecule has 0 heterocycles. The van der Waals surface area contributed by atoms with Crippen molar-refractivity contribution in [1.82, 2.24) is 0 Å². The van der Waals surface area contributed by atoms with E-state index in [1.54, 1.807) is 0 Å². The monoisotopic (exact) mass is 732 g/mol. The van der Waals surface area contributed by atoms with Gasteiger partial charge in [-0.25, -0.2) is 0 Å². The number of nitrogens with two attached hydrogens (primary N) is 1. The van der Waals surface area contributed by atoms with E-state index >= 15 is 0 Å². The highest BCUT2D eigenvalue weighted by atomic mass is 16.6. The predicted octanol–water partition coefficient (Wildman–Crippen LogP) is 8.72. The second-order valence-corrected chi connectivity index (χ2v) is 20.6. The molecule has 4 saturated carbocycles. The lowest BCUT2D eigenvalue weighted by Crippen LogP contribution is -2.54. The first-order valence-corrected chi connectivity index (χ1v) is 20.5. The van der Waals surface area contributed by atoms with Crippen molar-refractivity contribution in [3.8, 4) is 0 Å². The van der Waals surface area contributed by atoms with Gasteiger partial charge in [-0.1, -0.05) is 20.8 Å². The van der Waals surface area contributed by atoms with Crippen molar-refractivity contribution in [1.29, 1.82) is 0 Å². The summed E-state index contributed by atoms with van der Waals surface area (Å²) in [7, 11) is 0. The summed E-state index contributed by atoms with van der Waals surface area (Å²) in [5.74, 6) is 0.873. The molecule has 4 aliphatic rings. The lowest BCUT2D eigenvalue weighted by molar-refractivity contribution is -0.175. The molecular weight excluding hydrogens is 658 g/mol. The molecule has 10 atom stereocenters. The molecule has 0 aromatic rings. The van der Waals surface area contributed by atoms with E-state index in [1.807, 2.05) is 62.3 Å². The van der Waals surface area contributed by atoms with E-state index in [9.17, 15) is 19.2 Å². The maximum absolute atomic E-state index is 13.2. The fourth-order valence-corrected chi connectivity index (χ4v) is 11.0. The van der Waals surface area contributed by atoms with Crippen LogP contribution in [0.25, 0.3) is 0 Å². The van der Waals surface area contributed by atoms with E-state index in [4.69, 9.17) is 24.7 Å². The molecule has 298 valence electrons. The molecule has 0 aromatic carbocycles. The molecule has 0 bridgehead atoms. The molecule has 2 N–H and O–H groups in total. The Morgan fingerprint density at radius 3 is 1.81 bits per heavy atom. The van der Waals surface area contributed by atoms with E-state index in [0.29, 0.717) is 41.9 Å². The summed E-state index contributed by atoms with van der Waals surface area (Å²) in [6, 6.07) is -0.828. The van der Waals surface area contributed by atoms with Crippen molar-refractivity contribution in [2.45, 2.75) is 196 Å². The number of ether oxygens (including phenoxy) is 4. The molecule has 0 amide bonds. The van der Waals surface area contributed by atoms with Gasteiger partial charge in [0.2, 0.25) is 0 Å². The van der Waals surface area contributed by atoms with Crippen LogP contribution in [0.2, 0.25) is 0 Å². The number of hydrogen-bond donors (Lipinski definition) is 1. The lowest BCUT2D eigenvalue weighted by Gasteiger charge is -2.61. The smallest absolute Gasteiger partial charge is 0.323 e. The molecule has 4 fully saturated rings. The van der Waals surface area contributed by atoms with Crippen molar-refractivity contribution in [3.05, 3.63) is 0 Å². The molecule has 9 heteroatoms. The number of carbonyl (C=O) groups is 4. The Morgan fingerprint density at radius 2 is 1.23 bits per heavy atom. The SMILES string of the molecule is C[C@H](CCC(C(=O)OC(C)(C)C)C(=O)OC(C)(C)C)C1CCC2C3CCC4C[C@H](OC(=O)[C@H](N)CCC(=O)OC(C)(C)C)CC[C@]4(C)C3CC[C@@]21C. The highest BCUT2D eigenvalue weighted by molar-refractivity contribution is 5.95. The van der Waals surface area contributed by atoms with Gasteiger partial charge in [-0.3, -0.25) is 19.2 Å². The summed E-state index contributed by atoms with van der Waals surface area (Å²) in [5, 5.41) is 0. The summed E-state index contributed by atoms with van der Waals surface area (Å²) in [6.07, 6.45) is 11.5. The summed E-state index contributed by atoms with van der Waals surface area (Å²) < 4.78 is 22.7. The van der Waals surface area contributed by atoms with Crippen molar-refractivity contribution < 1.29 is 38.1 Å². The number of rotatable bonds is 11. The third kappa shape index (κ3) is 10.3. The Balaban J connectivity index is 1.34. The number of hydrogen-bond acceptors (Lipinski definition) is 9. The fourth-order valence-electron chi connectivity index (χ4n) is 11.0. The Morgan fingerprint density at radius 1 is 0.673 bits per heavy atom. The van der Waals surface area contributed by atoms with Crippen molar-refractivity contribution in [3.63, 3.8) is 0 Å². The van der Waals surface area contributed by atoms with Crippen LogP contribution in [0.5, 0.6) is 0 Å². The van der Waals surface area contributed by atoms with Gasteiger partial charge in [-0.15, -0.1) is 0 Å². The summed E-state index contributed by atoms with van der Waals surface area (Å²) in [6.45, 7) is 23.9. The summed E-state index contributed by atoms with van der Waals surface area (Å²) >= 11 is 0. The van der Waals surface area contributed by atoms with E-state index in [0.717, 1.165) is 32.1 Å². The Hall–Kier alpha value is -2.16. The molecule has 0 saturated heterocycles. The second-order valence-electron chi connectivity index (χ2n) is 20.6. The molecule has 0 aliphatic heterocycles. The highest BCUT2D eigenvalue weighted by Crippen LogP contribution is 2.68. The third-order valence-electron chi connectivity index (χ3n) is 13.3. The Bertz CT molecular complexity index is 1260. The summed E-state index contributed by atoms with van der Waals surface area (Å²) in [5.41, 5.74) is 4.74. The van der Waals surface area contributed by atoms with Gasteiger partial charge in [0, 0.05) is 6.42 Å². The van der Waals surface area contributed by atoms with Crippen molar-refractivity contribution in [2.24, 2.45) is 58.0 Å². The van der Waals surface area contributed by atoms with Crippen molar-refractivity contribution >= 4 is 23.9 Å². The normalized spacial score (nSPS) is 33.2. The highest BCUT2D eigenvalue weighted by Gasteiger charge is 2.61. The number of esters is 4. The van der Waals surface area contributed by atoms with E-state index in [2.05, 4.69) is 20.8 Å². The minimum absolute atomic E-state index is 0.0976. The van der Waals surface area contributed by atoms with Gasteiger partial charge in [0.05, 0.1) is 0 Å². The topological polar surface area (TPSA) is 131 Å². The first-order valence-electron chi connectivity index (χ1n) is 20.5. The van der Waals surface area contributed by atoms with Gasteiger partial charge in [0.25, 0.3) is 0 Å². The number of fused-ring (bicyclic) bond motifs is 5. The zero-order valence-electron chi connectivity index (χ0n) is 34.7. The van der Waals surface area contributed by atoms with Crippen LogP contribution in [0.1, 0.15) is 167 Å². The van der Waals surface area contributed by atoms with Crippen LogP contribution >= 0.6 is 0 Å². The van der Waals surface area contributed by atoms with Crippen LogP contribution in [-0.4, -0.2) is 52.8 Å². The van der Waals surface area contributed by atoms with Gasteiger partial charge in [0.1, 0.15) is 28.9 Å². The van der Waals surface area contributed by atoms with Gasteiger partial charge in [0.15, 0.2) is 5.92 Å². The molecular formula is C43H73NO8. The van der Waals surface area contributed by atoms with Crippen LogP contribution in [-0.2, 0) is 38.1 Å². The first kappa shape index (κ1) is 42.6. The van der Waals surface area contributed by atoms with Crippen LogP contribution in [0.15, 0.2) is 0 Å². The first-order chi connectivity index (χ1) is 23.8. The molecule has 52 heavy (non-hydrogen) atoms. The Kier molecular flexibility index (Phi) is 13.0. The molecule has 0 radical (unpaired) electrons. The maximum Gasteiger partial charge on any atom is 0.323 e. The van der Waals surface area contributed by atoms with E-state index in [-0.39, 0.29) is 35.7 Å². The molecule has 0 aromatic heterocycles. The molecule has 9 nitrogen and oxygen atoms in total. The average Bonchev–Trinajstić information content (AvgIpc) is 3.34. The standard InChI is InChI=1S/C43H73NO8/c1-26(13-15-30(36(46)51-40(5,6)7)37(47)52-41(8,9)10)31-17-18-32-29-16-14-27-25-28(21-23-42(27,11)33(29)22-24-43(31,32)12)49-38(48)34(44)19-20-35(45)50-39(2,3)4/h26-34H,13-25,44H2,1-12H3/t26-,27?,28-,29?,31?,32?,33?,34-,42+,43-/m1/s1. The van der Waals surface area contributed by atoms with Gasteiger partial charge < -0.3 is 24.7 Å².